The van der Waals surface area contributed by atoms with Gasteiger partial charge >= 0.3 is 12.0 Å². The summed E-state index contributed by atoms with van der Waals surface area (Å²) in [5.74, 6) is -1.50. The standard InChI is InChI=1S/C8H5F5N2O4/c9-7(10)4-5(15(17)18)6(19-8(11,12)13)3(2-16)1-14-4/h1,7,16H,2H2. The van der Waals surface area contributed by atoms with Crippen molar-refractivity contribution in [2.45, 2.75) is 19.4 Å². The molecule has 0 saturated heterocycles. The maximum Gasteiger partial charge on any atom is 0.573 e. The summed E-state index contributed by atoms with van der Waals surface area (Å²) in [7, 11) is 0. The number of aliphatic hydroxyl groups is 1. The summed E-state index contributed by atoms with van der Waals surface area (Å²) in [4.78, 5) is 12.1. The van der Waals surface area contributed by atoms with Crippen LogP contribution in [0, 0.1) is 10.1 Å². The van der Waals surface area contributed by atoms with E-state index in [4.69, 9.17) is 5.11 Å². The van der Waals surface area contributed by atoms with Crippen molar-refractivity contribution in [3.05, 3.63) is 27.6 Å². The second-order valence-electron chi connectivity index (χ2n) is 3.11. The molecule has 19 heavy (non-hydrogen) atoms. The lowest BCUT2D eigenvalue weighted by molar-refractivity contribution is -0.390. The van der Waals surface area contributed by atoms with E-state index in [1.807, 2.05) is 0 Å². The van der Waals surface area contributed by atoms with Gasteiger partial charge in [-0.15, -0.1) is 13.2 Å². The second-order valence-corrected chi connectivity index (χ2v) is 3.11. The van der Waals surface area contributed by atoms with Gasteiger partial charge in [-0.3, -0.25) is 10.1 Å². The highest BCUT2D eigenvalue weighted by Crippen LogP contribution is 2.40. The Hall–Kier alpha value is -2.04. The van der Waals surface area contributed by atoms with E-state index in [-0.39, 0.29) is 0 Å². The van der Waals surface area contributed by atoms with Crippen LogP contribution in [0.3, 0.4) is 0 Å². The van der Waals surface area contributed by atoms with E-state index in [0.29, 0.717) is 6.20 Å². The molecule has 0 fully saturated rings. The quantitative estimate of drug-likeness (QED) is 0.522. The van der Waals surface area contributed by atoms with E-state index in [1.165, 1.54) is 0 Å². The monoisotopic (exact) mass is 288 g/mol. The van der Waals surface area contributed by atoms with Gasteiger partial charge in [-0.2, -0.15) is 0 Å². The van der Waals surface area contributed by atoms with E-state index >= 15 is 0 Å². The summed E-state index contributed by atoms with van der Waals surface area (Å²) in [5.41, 5.74) is -3.83. The Balaban J connectivity index is 3.53. The lowest BCUT2D eigenvalue weighted by atomic mass is 10.2. The van der Waals surface area contributed by atoms with Gasteiger partial charge in [0.15, 0.2) is 5.69 Å². The van der Waals surface area contributed by atoms with Crippen molar-refractivity contribution < 1.29 is 36.7 Å². The number of nitro groups is 1. The zero-order valence-electron chi connectivity index (χ0n) is 8.82. The highest BCUT2D eigenvalue weighted by Gasteiger charge is 2.39. The minimum Gasteiger partial charge on any atom is -0.398 e. The Bertz CT molecular complexity index is 491. The van der Waals surface area contributed by atoms with Crippen LogP contribution in [0.4, 0.5) is 27.6 Å². The van der Waals surface area contributed by atoms with Gasteiger partial charge in [0.25, 0.3) is 6.43 Å². The molecule has 0 unspecified atom stereocenters. The van der Waals surface area contributed by atoms with E-state index in [2.05, 4.69) is 9.72 Å². The number of aromatic nitrogens is 1. The molecule has 0 aliphatic rings. The third kappa shape index (κ3) is 3.47. The van der Waals surface area contributed by atoms with Gasteiger partial charge in [0, 0.05) is 11.8 Å². The van der Waals surface area contributed by atoms with Gasteiger partial charge in [0.05, 0.1) is 11.5 Å². The second kappa shape index (κ2) is 5.30. The molecule has 6 nitrogen and oxygen atoms in total. The molecule has 0 amide bonds. The largest absolute Gasteiger partial charge is 0.573 e. The topological polar surface area (TPSA) is 85.5 Å². The van der Waals surface area contributed by atoms with Crippen molar-refractivity contribution >= 4 is 5.69 Å². The van der Waals surface area contributed by atoms with Crippen LogP contribution in [0.15, 0.2) is 6.20 Å². The average Bonchev–Trinajstić information content (AvgIpc) is 2.25. The van der Waals surface area contributed by atoms with Crippen molar-refractivity contribution in [1.82, 2.24) is 4.98 Å². The zero-order chi connectivity index (χ0) is 14.8. The first-order valence-electron chi connectivity index (χ1n) is 4.48. The van der Waals surface area contributed by atoms with Gasteiger partial charge in [-0.1, -0.05) is 0 Å². The number of nitrogens with zero attached hydrogens (tertiary/aromatic N) is 2. The van der Waals surface area contributed by atoms with E-state index < -0.39 is 47.0 Å². The number of pyridine rings is 1. The van der Waals surface area contributed by atoms with Gasteiger partial charge in [-0.25, -0.2) is 13.8 Å². The summed E-state index contributed by atoms with van der Waals surface area (Å²) < 4.78 is 64.6. The molecule has 1 heterocycles. The third-order valence-corrected chi connectivity index (χ3v) is 1.89. The predicted molar refractivity (Wildman–Crippen MR) is 48.5 cm³/mol. The lowest BCUT2D eigenvalue weighted by Gasteiger charge is -2.13. The first kappa shape index (κ1) is 15.0. The maximum atomic E-state index is 12.5. The van der Waals surface area contributed by atoms with Gasteiger partial charge < -0.3 is 9.84 Å². The maximum absolute atomic E-state index is 12.5. The number of alkyl halides is 5. The smallest absolute Gasteiger partial charge is 0.398 e. The molecule has 106 valence electrons. The molecule has 0 radical (unpaired) electrons. The van der Waals surface area contributed by atoms with Crippen LogP contribution in [-0.4, -0.2) is 21.4 Å². The minimum atomic E-state index is -5.34. The molecular weight excluding hydrogens is 283 g/mol. The summed E-state index contributed by atoms with van der Waals surface area (Å²) >= 11 is 0. The fourth-order valence-corrected chi connectivity index (χ4v) is 1.21. The lowest BCUT2D eigenvalue weighted by Crippen LogP contribution is -2.20. The molecular formula is C8H5F5N2O4. The molecule has 1 N–H and O–H groups in total. The number of hydrogen-bond acceptors (Lipinski definition) is 5. The summed E-state index contributed by atoms with van der Waals surface area (Å²) in [6, 6.07) is 0. The summed E-state index contributed by atoms with van der Waals surface area (Å²) in [5, 5.41) is 19.4. The van der Waals surface area contributed by atoms with Crippen LogP contribution in [0.25, 0.3) is 0 Å². The summed E-state index contributed by atoms with van der Waals surface area (Å²) in [6.07, 6.45) is -8.35. The predicted octanol–water partition coefficient (Wildman–Crippen LogP) is 2.32. The van der Waals surface area contributed by atoms with Crippen LogP contribution >= 0.6 is 0 Å². The molecule has 11 heteroatoms. The average molecular weight is 288 g/mol. The Kier molecular flexibility index (Phi) is 4.19. The molecule has 1 rings (SSSR count). The molecule has 0 aliphatic carbocycles. The molecule has 0 aromatic carbocycles. The van der Waals surface area contributed by atoms with E-state index in [0.717, 1.165) is 0 Å². The molecule has 0 atom stereocenters. The number of rotatable bonds is 4. The molecule has 0 bridgehead atoms. The first-order valence-corrected chi connectivity index (χ1v) is 4.48. The minimum absolute atomic E-state index is 0.454. The highest BCUT2D eigenvalue weighted by atomic mass is 19.4. The van der Waals surface area contributed by atoms with Gasteiger partial charge in [0.1, 0.15) is 0 Å². The van der Waals surface area contributed by atoms with Gasteiger partial charge in [-0.05, 0) is 0 Å². The normalized spacial score (nSPS) is 11.7. The van der Waals surface area contributed by atoms with Crippen molar-refractivity contribution in [3.63, 3.8) is 0 Å². The zero-order valence-corrected chi connectivity index (χ0v) is 8.82. The van der Waals surface area contributed by atoms with Crippen LogP contribution < -0.4 is 4.74 Å². The summed E-state index contributed by atoms with van der Waals surface area (Å²) in [6.45, 7) is -1.09. The molecule has 0 saturated carbocycles. The number of aliphatic hydroxyl groups excluding tert-OH is 1. The van der Waals surface area contributed by atoms with Crippen molar-refractivity contribution in [2.24, 2.45) is 0 Å². The molecule has 0 spiro atoms. The van der Waals surface area contributed by atoms with Gasteiger partial charge in [0.2, 0.25) is 5.75 Å². The number of hydrogen-bond donors (Lipinski definition) is 1. The molecule has 1 aromatic rings. The van der Waals surface area contributed by atoms with Crippen LogP contribution in [-0.2, 0) is 6.61 Å². The Morgan fingerprint density at radius 1 is 1.47 bits per heavy atom. The third-order valence-electron chi connectivity index (χ3n) is 1.89. The van der Waals surface area contributed by atoms with Crippen molar-refractivity contribution in [1.29, 1.82) is 0 Å². The number of ether oxygens (including phenoxy) is 1. The highest BCUT2D eigenvalue weighted by molar-refractivity contribution is 5.54. The van der Waals surface area contributed by atoms with E-state index in [9.17, 15) is 32.1 Å². The molecule has 1 aromatic heterocycles. The van der Waals surface area contributed by atoms with Crippen LogP contribution in [0.2, 0.25) is 0 Å². The SMILES string of the molecule is O=[N+]([O-])c1c(C(F)F)ncc(CO)c1OC(F)(F)F. The van der Waals surface area contributed by atoms with Crippen molar-refractivity contribution in [3.8, 4) is 5.75 Å². The van der Waals surface area contributed by atoms with Crippen LogP contribution in [0.1, 0.15) is 17.7 Å². The fourth-order valence-electron chi connectivity index (χ4n) is 1.21. The van der Waals surface area contributed by atoms with Crippen molar-refractivity contribution in [2.75, 3.05) is 0 Å². The Labute approximate surface area is 101 Å². The Morgan fingerprint density at radius 2 is 2.05 bits per heavy atom. The molecule has 0 aliphatic heterocycles. The number of halogens is 5. The van der Waals surface area contributed by atoms with Crippen LogP contribution in [0.5, 0.6) is 5.75 Å². The Morgan fingerprint density at radius 3 is 2.42 bits per heavy atom. The van der Waals surface area contributed by atoms with E-state index in [1.54, 1.807) is 0 Å². The first-order chi connectivity index (χ1) is 8.67. The fraction of sp³-hybridized carbons (Fsp3) is 0.375.